The zero-order valence-corrected chi connectivity index (χ0v) is 16.1. The predicted octanol–water partition coefficient (Wildman–Crippen LogP) is 1.63. The molecule has 152 valence electrons. The minimum Gasteiger partial charge on any atom is -0.456 e. The number of cyclic esters (lactones) is 1. The largest absolute Gasteiger partial charge is 0.456 e. The van der Waals surface area contributed by atoms with Crippen molar-refractivity contribution in [3.8, 4) is 0 Å². The third-order valence-corrected chi connectivity index (χ3v) is 4.49. The van der Waals surface area contributed by atoms with Crippen LogP contribution in [-0.2, 0) is 19.1 Å². The maximum absolute atomic E-state index is 12.7. The second-order valence-electron chi connectivity index (χ2n) is 6.93. The van der Waals surface area contributed by atoms with Gasteiger partial charge in [-0.25, -0.2) is 0 Å². The van der Waals surface area contributed by atoms with E-state index in [9.17, 15) is 14.4 Å². The first-order valence-electron chi connectivity index (χ1n) is 9.57. The van der Waals surface area contributed by atoms with Gasteiger partial charge in [0.2, 0.25) is 11.8 Å². The van der Waals surface area contributed by atoms with E-state index < -0.39 is 12.0 Å². The SMILES string of the molecule is C[C@@H](CO)NC(=O)C[C@H]1CC=CCCC(=O)O[C@@H](c2ccccc2)CNC1=O. The Labute approximate surface area is 165 Å². The lowest BCUT2D eigenvalue weighted by molar-refractivity contribution is -0.150. The molecule has 0 bridgehead atoms. The molecular weight excluding hydrogens is 360 g/mol. The molecule has 28 heavy (non-hydrogen) atoms. The van der Waals surface area contributed by atoms with Crippen LogP contribution in [0.3, 0.4) is 0 Å². The van der Waals surface area contributed by atoms with Crippen molar-refractivity contribution in [1.82, 2.24) is 10.6 Å². The summed E-state index contributed by atoms with van der Waals surface area (Å²) in [7, 11) is 0. The van der Waals surface area contributed by atoms with Crippen molar-refractivity contribution in [3.05, 3.63) is 48.0 Å². The van der Waals surface area contributed by atoms with Gasteiger partial charge in [0.05, 0.1) is 19.1 Å². The van der Waals surface area contributed by atoms with Crippen molar-refractivity contribution in [1.29, 1.82) is 0 Å². The standard InChI is InChI=1S/C21H28N2O5/c1-15(14-24)23-19(25)12-17-10-6-3-7-11-20(26)28-18(13-22-21(17)27)16-8-4-2-5-9-16/h2-6,8-9,15,17-18,24H,7,10-14H2,1H3,(H,22,27)(H,23,25)/t15-,17+,18+/m0/s1. The Bertz CT molecular complexity index is 689. The fourth-order valence-electron chi connectivity index (χ4n) is 2.92. The molecule has 1 aliphatic rings. The van der Waals surface area contributed by atoms with E-state index in [2.05, 4.69) is 10.6 Å². The first-order chi connectivity index (χ1) is 13.5. The van der Waals surface area contributed by atoms with E-state index >= 15 is 0 Å². The lowest BCUT2D eigenvalue weighted by Crippen LogP contribution is -2.40. The van der Waals surface area contributed by atoms with Gasteiger partial charge in [0.15, 0.2) is 0 Å². The van der Waals surface area contributed by atoms with Gasteiger partial charge in [0.25, 0.3) is 0 Å². The highest BCUT2D eigenvalue weighted by atomic mass is 16.5. The summed E-state index contributed by atoms with van der Waals surface area (Å²) in [5.41, 5.74) is 0.801. The molecule has 0 spiro atoms. The molecule has 0 saturated heterocycles. The maximum atomic E-state index is 12.7. The van der Waals surface area contributed by atoms with E-state index in [1.165, 1.54) is 0 Å². The number of esters is 1. The van der Waals surface area contributed by atoms with Crippen LogP contribution in [-0.4, -0.2) is 42.1 Å². The Morgan fingerprint density at radius 1 is 1.29 bits per heavy atom. The highest BCUT2D eigenvalue weighted by Crippen LogP contribution is 2.19. The smallest absolute Gasteiger partial charge is 0.306 e. The average molecular weight is 388 g/mol. The molecule has 0 aromatic heterocycles. The van der Waals surface area contributed by atoms with Crippen molar-refractivity contribution in [3.63, 3.8) is 0 Å². The minimum atomic E-state index is -0.579. The van der Waals surface area contributed by atoms with E-state index in [0.29, 0.717) is 12.8 Å². The van der Waals surface area contributed by atoms with Gasteiger partial charge in [-0.05, 0) is 25.3 Å². The summed E-state index contributed by atoms with van der Waals surface area (Å²) in [6.45, 7) is 1.67. The Kier molecular flexibility index (Phi) is 8.68. The van der Waals surface area contributed by atoms with Crippen molar-refractivity contribution in [2.45, 2.75) is 44.8 Å². The first kappa shape index (κ1) is 21.6. The number of aliphatic hydroxyl groups excluding tert-OH is 1. The van der Waals surface area contributed by atoms with Gasteiger partial charge in [-0.1, -0.05) is 42.5 Å². The molecule has 2 amide bonds. The summed E-state index contributed by atoms with van der Waals surface area (Å²) in [4.78, 5) is 36.9. The number of ether oxygens (including phenoxy) is 1. The molecule has 1 aromatic rings. The Morgan fingerprint density at radius 3 is 2.75 bits per heavy atom. The molecule has 1 aromatic carbocycles. The molecule has 7 nitrogen and oxygen atoms in total. The number of hydrogen-bond acceptors (Lipinski definition) is 5. The fraction of sp³-hybridized carbons (Fsp3) is 0.476. The average Bonchev–Trinajstić information content (AvgIpc) is 2.69. The van der Waals surface area contributed by atoms with Crippen molar-refractivity contribution >= 4 is 17.8 Å². The molecule has 1 aliphatic heterocycles. The number of nitrogens with one attached hydrogen (secondary N) is 2. The lowest BCUT2D eigenvalue weighted by atomic mass is 9.98. The first-order valence-corrected chi connectivity index (χ1v) is 9.57. The van der Waals surface area contributed by atoms with Gasteiger partial charge in [0, 0.05) is 18.9 Å². The summed E-state index contributed by atoms with van der Waals surface area (Å²) in [5, 5.41) is 14.5. The van der Waals surface area contributed by atoms with Crippen molar-refractivity contribution in [2.75, 3.05) is 13.2 Å². The Hall–Kier alpha value is -2.67. The van der Waals surface area contributed by atoms with Gasteiger partial charge >= 0.3 is 5.97 Å². The van der Waals surface area contributed by atoms with Crippen molar-refractivity contribution in [2.24, 2.45) is 5.92 Å². The normalized spacial score (nSPS) is 22.2. The van der Waals surface area contributed by atoms with Gasteiger partial charge in [-0.3, -0.25) is 14.4 Å². The van der Waals surface area contributed by atoms with E-state index in [4.69, 9.17) is 9.84 Å². The van der Waals surface area contributed by atoms with E-state index in [1.807, 2.05) is 42.5 Å². The molecule has 3 atom stereocenters. The molecule has 2 rings (SSSR count). The number of aliphatic hydroxyl groups is 1. The molecule has 1 heterocycles. The third kappa shape index (κ3) is 7.15. The molecule has 0 fully saturated rings. The van der Waals surface area contributed by atoms with Crippen LogP contribution in [0.2, 0.25) is 0 Å². The van der Waals surface area contributed by atoms with Gasteiger partial charge in [-0.15, -0.1) is 0 Å². The quantitative estimate of drug-likeness (QED) is 0.525. The van der Waals surface area contributed by atoms with Crippen LogP contribution in [0.5, 0.6) is 0 Å². The molecule has 0 unspecified atom stereocenters. The highest BCUT2D eigenvalue weighted by molar-refractivity contribution is 5.86. The van der Waals surface area contributed by atoms with Crippen LogP contribution in [0.1, 0.15) is 44.3 Å². The van der Waals surface area contributed by atoms with Crippen LogP contribution in [0.15, 0.2) is 42.5 Å². The third-order valence-electron chi connectivity index (χ3n) is 4.49. The summed E-state index contributed by atoms with van der Waals surface area (Å²) in [6.07, 6.45) is 4.26. The number of carbonyl (C=O) groups excluding carboxylic acids is 3. The fourth-order valence-corrected chi connectivity index (χ4v) is 2.92. The highest BCUT2D eigenvalue weighted by Gasteiger charge is 2.24. The predicted molar refractivity (Wildman–Crippen MR) is 104 cm³/mol. The van der Waals surface area contributed by atoms with E-state index in [1.54, 1.807) is 6.92 Å². The number of hydrogen-bond donors (Lipinski definition) is 3. The zero-order valence-electron chi connectivity index (χ0n) is 16.1. The Balaban J connectivity index is 2.09. The summed E-state index contributed by atoms with van der Waals surface area (Å²) in [6, 6.07) is 8.89. The van der Waals surface area contributed by atoms with Crippen LogP contribution >= 0.6 is 0 Å². The second kappa shape index (κ2) is 11.2. The van der Waals surface area contributed by atoms with Crippen LogP contribution in [0.25, 0.3) is 0 Å². The molecule has 0 saturated carbocycles. The molecule has 3 N–H and O–H groups in total. The molecule has 0 radical (unpaired) electrons. The number of rotatable bonds is 5. The van der Waals surface area contributed by atoms with Crippen LogP contribution < -0.4 is 10.6 Å². The maximum Gasteiger partial charge on any atom is 0.306 e. The number of benzene rings is 1. The molecule has 7 heteroatoms. The van der Waals surface area contributed by atoms with Gasteiger partial charge in [0.1, 0.15) is 6.10 Å². The van der Waals surface area contributed by atoms with Gasteiger partial charge in [-0.2, -0.15) is 0 Å². The molecular formula is C21H28N2O5. The number of allylic oxidation sites excluding steroid dienone is 2. The number of amides is 2. The monoisotopic (exact) mass is 388 g/mol. The van der Waals surface area contributed by atoms with Crippen LogP contribution in [0.4, 0.5) is 0 Å². The summed E-state index contributed by atoms with van der Waals surface area (Å²) < 4.78 is 5.55. The Morgan fingerprint density at radius 2 is 2.04 bits per heavy atom. The van der Waals surface area contributed by atoms with Crippen molar-refractivity contribution < 1.29 is 24.2 Å². The van der Waals surface area contributed by atoms with E-state index in [0.717, 1.165) is 5.56 Å². The van der Waals surface area contributed by atoms with E-state index in [-0.39, 0.29) is 49.8 Å². The second-order valence-corrected chi connectivity index (χ2v) is 6.93. The number of carbonyl (C=O) groups is 3. The zero-order chi connectivity index (χ0) is 20.4. The summed E-state index contributed by atoms with van der Waals surface area (Å²) in [5.74, 6) is -1.40. The topological polar surface area (TPSA) is 105 Å². The lowest BCUT2D eigenvalue weighted by Gasteiger charge is -2.22. The van der Waals surface area contributed by atoms with Gasteiger partial charge < -0.3 is 20.5 Å². The summed E-state index contributed by atoms with van der Waals surface area (Å²) >= 11 is 0. The minimum absolute atomic E-state index is 0.0241. The molecule has 0 aliphatic carbocycles. The van der Waals surface area contributed by atoms with Crippen LogP contribution in [0, 0.1) is 5.92 Å².